The van der Waals surface area contributed by atoms with Gasteiger partial charge in [0.25, 0.3) is 11.8 Å². The summed E-state index contributed by atoms with van der Waals surface area (Å²) in [5, 5.41) is 12.0. The van der Waals surface area contributed by atoms with Gasteiger partial charge in [0.05, 0.1) is 10.9 Å². The molecule has 0 aliphatic carbocycles. The number of hydroxylamine groups is 2. The molecule has 25 heavy (non-hydrogen) atoms. The average molecular weight is 433 g/mol. The summed E-state index contributed by atoms with van der Waals surface area (Å²) in [5.74, 6) is -4.37. The lowest BCUT2D eigenvalue weighted by Crippen LogP contribution is -2.35. The van der Waals surface area contributed by atoms with Crippen molar-refractivity contribution < 1.29 is 28.3 Å². The van der Waals surface area contributed by atoms with Crippen molar-refractivity contribution in [3.05, 3.63) is 50.1 Å². The van der Waals surface area contributed by atoms with Crippen molar-refractivity contribution in [2.45, 2.75) is 6.17 Å². The molecule has 10 heteroatoms. The van der Waals surface area contributed by atoms with Crippen LogP contribution in [-0.4, -0.2) is 40.6 Å². The fraction of sp³-hybridized carbons (Fsp3) is 0.200. The van der Waals surface area contributed by atoms with E-state index in [1.807, 2.05) is 0 Å². The molecular weight excluding hydrogens is 422 g/mol. The largest absolute Gasteiger partial charge is 0.494 e. The van der Waals surface area contributed by atoms with Crippen LogP contribution in [0.4, 0.5) is 8.78 Å². The van der Waals surface area contributed by atoms with Crippen LogP contribution >= 0.6 is 27.3 Å². The summed E-state index contributed by atoms with van der Waals surface area (Å²) in [6.45, 7) is -0.510. The number of amides is 2. The number of carbonyl (C=O) groups is 2. The lowest BCUT2D eigenvalue weighted by Gasteiger charge is -2.26. The van der Waals surface area contributed by atoms with E-state index in [-0.39, 0.29) is 5.75 Å². The summed E-state index contributed by atoms with van der Waals surface area (Å²) in [6, 6.07) is 3.57. The van der Waals surface area contributed by atoms with Crippen LogP contribution in [0.3, 0.4) is 0 Å². The number of nitrogens with zero attached hydrogens (tertiary/aromatic N) is 2. The van der Waals surface area contributed by atoms with Crippen LogP contribution < -0.4 is 4.74 Å². The number of thiophene rings is 1. The average Bonchev–Trinajstić information content (AvgIpc) is 3.11. The molecule has 0 radical (unpaired) electrons. The molecule has 0 bridgehead atoms. The topological polar surface area (TPSA) is 70.1 Å². The Morgan fingerprint density at radius 3 is 2.76 bits per heavy atom. The molecule has 1 N–H and O–H groups in total. The standard InChI is InChI=1S/C15H11BrF2N2O4S/c1-24-9-3-2-8(17)12(13(9)18)15(22)19-5-11(21)20(23)14(19)7-4-10(16)25-6-7/h2-4,6,14,23H,5H2,1H3. The third kappa shape index (κ3) is 3.00. The van der Waals surface area contributed by atoms with Crippen LogP contribution in [0.2, 0.25) is 0 Å². The van der Waals surface area contributed by atoms with Gasteiger partial charge in [-0.3, -0.25) is 14.8 Å². The minimum atomic E-state index is -1.17. The Hall–Kier alpha value is -2.04. The molecule has 2 amide bonds. The molecule has 0 spiro atoms. The van der Waals surface area contributed by atoms with Gasteiger partial charge in [0.2, 0.25) is 0 Å². The molecule has 1 aliphatic heterocycles. The van der Waals surface area contributed by atoms with Crippen LogP contribution in [0.5, 0.6) is 5.75 Å². The van der Waals surface area contributed by atoms with Crippen molar-refractivity contribution >= 4 is 39.1 Å². The van der Waals surface area contributed by atoms with E-state index in [1.165, 1.54) is 18.4 Å². The first-order valence-electron chi connectivity index (χ1n) is 6.93. The van der Waals surface area contributed by atoms with Gasteiger partial charge in [-0.25, -0.2) is 8.78 Å². The zero-order chi connectivity index (χ0) is 18.3. The van der Waals surface area contributed by atoms with Crippen molar-refractivity contribution in [1.82, 2.24) is 9.96 Å². The maximum Gasteiger partial charge on any atom is 0.267 e. The van der Waals surface area contributed by atoms with Crippen LogP contribution in [-0.2, 0) is 4.79 Å². The van der Waals surface area contributed by atoms with E-state index in [4.69, 9.17) is 4.74 Å². The second-order valence-corrected chi connectivity index (χ2v) is 7.46. The minimum Gasteiger partial charge on any atom is -0.494 e. The highest BCUT2D eigenvalue weighted by atomic mass is 79.9. The summed E-state index contributed by atoms with van der Waals surface area (Å²) in [4.78, 5) is 25.5. The van der Waals surface area contributed by atoms with E-state index < -0.39 is 41.7 Å². The Bertz CT molecular complexity index is 860. The molecule has 1 aromatic heterocycles. The Morgan fingerprint density at radius 2 is 2.16 bits per heavy atom. The molecule has 1 aliphatic rings. The van der Waals surface area contributed by atoms with E-state index in [0.29, 0.717) is 14.4 Å². The molecule has 6 nitrogen and oxygen atoms in total. The van der Waals surface area contributed by atoms with Gasteiger partial charge in [-0.2, -0.15) is 5.06 Å². The van der Waals surface area contributed by atoms with E-state index >= 15 is 0 Å². The predicted molar refractivity (Wildman–Crippen MR) is 87.3 cm³/mol. The number of rotatable bonds is 3. The molecular formula is C15H11BrF2N2O4S. The number of benzene rings is 1. The summed E-state index contributed by atoms with van der Waals surface area (Å²) in [7, 11) is 1.19. The molecule has 3 rings (SSSR count). The molecule has 132 valence electrons. The van der Waals surface area contributed by atoms with Crippen molar-refractivity contribution in [3.8, 4) is 5.75 Å². The molecule has 2 aromatic rings. The van der Waals surface area contributed by atoms with Crippen molar-refractivity contribution in [1.29, 1.82) is 0 Å². The van der Waals surface area contributed by atoms with Gasteiger partial charge >= 0.3 is 0 Å². The maximum absolute atomic E-state index is 14.4. The van der Waals surface area contributed by atoms with Crippen molar-refractivity contribution in [3.63, 3.8) is 0 Å². The van der Waals surface area contributed by atoms with Gasteiger partial charge in [0.1, 0.15) is 17.9 Å². The van der Waals surface area contributed by atoms with Crippen LogP contribution in [0, 0.1) is 11.6 Å². The van der Waals surface area contributed by atoms with Gasteiger partial charge in [-0.05, 0) is 39.5 Å². The van der Waals surface area contributed by atoms with Crippen molar-refractivity contribution in [2.24, 2.45) is 0 Å². The van der Waals surface area contributed by atoms with Crippen LogP contribution in [0.15, 0.2) is 27.4 Å². The Labute approximate surface area is 153 Å². The predicted octanol–water partition coefficient (Wildman–Crippen LogP) is 3.17. The fourth-order valence-electron chi connectivity index (χ4n) is 2.57. The molecule has 1 unspecified atom stereocenters. The van der Waals surface area contributed by atoms with Crippen LogP contribution in [0.25, 0.3) is 0 Å². The van der Waals surface area contributed by atoms with Gasteiger partial charge < -0.3 is 9.64 Å². The second-order valence-electron chi connectivity index (χ2n) is 5.17. The van der Waals surface area contributed by atoms with Crippen molar-refractivity contribution in [2.75, 3.05) is 13.7 Å². The number of hydrogen-bond donors (Lipinski definition) is 1. The Morgan fingerprint density at radius 1 is 1.44 bits per heavy atom. The third-order valence-electron chi connectivity index (χ3n) is 3.72. The summed E-state index contributed by atoms with van der Waals surface area (Å²) < 4.78 is 34.0. The van der Waals surface area contributed by atoms with Crippen LogP contribution in [0.1, 0.15) is 22.1 Å². The summed E-state index contributed by atoms with van der Waals surface area (Å²) in [5.41, 5.74) is -0.413. The first-order valence-corrected chi connectivity index (χ1v) is 8.60. The normalized spacial score (nSPS) is 17.3. The number of methoxy groups -OCH3 is 1. The Balaban J connectivity index is 2.05. The van der Waals surface area contributed by atoms with E-state index in [1.54, 1.807) is 11.4 Å². The molecule has 0 saturated carbocycles. The highest BCUT2D eigenvalue weighted by molar-refractivity contribution is 9.11. The van der Waals surface area contributed by atoms with E-state index in [2.05, 4.69) is 15.9 Å². The zero-order valence-corrected chi connectivity index (χ0v) is 15.1. The van der Waals surface area contributed by atoms with E-state index in [0.717, 1.165) is 17.0 Å². The van der Waals surface area contributed by atoms with Gasteiger partial charge in [-0.15, -0.1) is 11.3 Å². The molecule has 1 fully saturated rings. The quantitative estimate of drug-likeness (QED) is 0.756. The summed E-state index contributed by atoms with van der Waals surface area (Å²) in [6.07, 6.45) is -1.17. The highest BCUT2D eigenvalue weighted by Gasteiger charge is 2.43. The minimum absolute atomic E-state index is 0.300. The maximum atomic E-state index is 14.4. The highest BCUT2D eigenvalue weighted by Crippen LogP contribution is 2.36. The first kappa shape index (κ1) is 17.8. The third-order valence-corrected chi connectivity index (χ3v) is 5.25. The number of carbonyl (C=O) groups excluding carboxylic acids is 2. The number of hydrogen-bond acceptors (Lipinski definition) is 5. The Kier molecular flexibility index (Phi) is 4.76. The molecule has 1 aromatic carbocycles. The lowest BCUT2D eigenvalue weighted by molar-refractivity contribution is -0.168. The smallest absolute Gasteiger partial charge is 0.267 e. The number of ether oxygens (including phenoxy) is 1. The van der Waals surface area contributed by atoms with Gasteiger partial charge in [-0.1, -0.05) is 0 Å². The molecule has 1 atom stereocenters. The number of halogens is 3. The summed E-state index contributed by atoms with van der Waals surface area (Å²) >= 11 is 4.53. The van der Waals surface area contributed by atoms with E-state index in [9.17, 15) is 23.6 Å². The molecule has 1 saturated heterocycles. The monoisotopic (exact) mass is 432 g/mol. The first-order chi connectivity index (χ1) is 11.8. The second kappa shape index (κ2) is 6.70. The lowest BCUT2D eigenvalue weighted by atomic mass is 10.1. The fourth-order valence-corrected chi connectivity index (χ4v) is 3.75. The molecule has 2 heterocycles. The zero-order valence-electron chi connectivity index (χ0n) is 12.7. The SMILES string of the molecule is COc1ccc(F)c(C(=O)N2CC(=O)N(O)C2c2csc(Br)c2)c1F. The van der Waals surface area contributed by atoms with Gasteiger partial charge in [0, 0.05) is 5.56 Å². The van der Waals surface area contributed by atoms with Gasteiger partial charge in [0.15, 0.2) is 17.7 Å².